The first-order valence-electron chi connectivity index (χ1n) is 14.6. The second-order valence-electron chi connectivity index (χ2n) is 11.2. The van der Waals surface area contributed by atoms with Gasteiger partial charge in [0, 0.05) is 35.2 Å². The maximum Gasteiger partial charge on any atom is 0.307 e. The Morgan fingerprint density at radius 2 is 1.90 bits per heavy atom. The van der Waals surface area contributed by atoms with Crippen LogP contribution < -0.4 is 4.74 Å². The summed E-state index contributed by atoms with van der Waals surface area (Å²) in [6, 6.07) is 10.9. The Morgan fingerprint density at radius 1 is 1.12 bits per heavy atom. The fourth-order valence-corrected chi connectivity index (χ4v) is 7.21. The molecule has 1 saturated carbocycles. The normalized spacial score (nSPS) is 21.7. The molecule has 1 fully saturated rings. The number of benzene rings is 2. The second kappa shape index (κ2) is 11.9. The van der Waals surface area contributed by atoms with E-state index in [0.29, 0.717) is 55.9 Å². The van der Waals surface area contributed by atoms with Crippen molar-refractivity contribution in [2.75, 3.05) is 13.1 Å². The number of rotatable bonds is 8. The number of carboxylic acids is 1. The van der Waals surface area contributed by atoms with E-state index in [2.05, 4.69) is 26.1 Å². The summed E-state index contributed by atoms with van der Waals surface area (Å²) in [5.74, 6) is -1.82. The molecule has 1 N–H and O–H groups in total. The van der Waals surface area contributed by atoms with Crippen LogP contribution in [0.15, 0.2) is 47.1 Å². The zero-order valence-electron chi connectivity index (χ0n) is 23.5. The third-order valence-corrected chi connectivity index (χ3v) is 9.53. The number of carbonyl (C=O) groups excluding carboxylic acids is 2. The van der Waals surface area contributed by atoms with Gasteiger partial charge in [0.2, 0.25) is 5.91 Å². The molecular weight excluding hydrogens is 602 g/mol. The number of hydrogen-bond donors (Lipinski definition) is 1. The van der Waals surface area contributed by atoms with Crippen LogP contribution in [0, 0.1) is 11.8 Å². The van der Waals surface area contributed by atoms with E-state index in [9.17, 15) is 19.5 Å². The highest BCUT2D eigenvalue weighted by atomic mass is 79.9. The SMILES string of the molecule is CCn1ncc(COc2ccc(Br)c3c2[C@@H](CN2Cc4ccccc4C2=O)N(C(=O)C2CCCCC2C(=O)O)CC3)n1. The number of amides is 2. The Kier molecular flexibility index (Phi) is 8.02. The van der Waals surface area contributed by atoms with Gasteiger partial charge in [0.05, 0.1) is 30.6 Å². The fourth-order valence-electron chi connectivity index (χ4n) is 6.67. The standard InChI is InChI=1S/C31H34BrN5O5/c1-2-37-33-15-20(34-37)18-42-27-12-11-25(32)24-13-14-36(30(39)22-9-5-6-10-23(22)31(40)41)26(28(24)27)17-35-16-19-7-3-4-8-21(19)29(35)38/h3-4,7-8,11-12,15,22-23,26H,2,5-6,9-10,13-14,16-18H2,1H3,(H,40,41)/t22?,23?,26-/m1/s1. The van der Waals surface area contributed by atoms with Crippen LogP contribution in [-0.2, 0) is 35.7 Å². The Labute approximate surface area is 252 Å². The van der Waals surface area contributed by atoms with Crippen molar-refractivity contribution in [2.45, 2.75) is 64.8 Å². The molecular formula is C31H34BrN5O5. The Morgan fingerprint density at radius 3 is 2.64 bits per heavy atom. The van der Waals surface area contributed by atoms with Gasteiger partial charge in [-0.25, -0.2) is 0 Å². The first-order chi connectivity index (χ1) is 20.4. The summed E-state index contributed by atoms with van der Waals surface area (Å²) in [7, 11) is 0. The second-order valence-corrected chi connectivity index (χ2v) is 12.1. The number of aromatic nitrogens is 3. The molecule has 3 aliphatic rings. The number of nitrogens with zero attached hydrogens (tertiary/aromatic N) is 5. The summed E-state index contributed by atoms with van der Waals surface area (Å²) >= 11 is 3.72. The van der Waals surface area contributed by atoms with Crippen LogP contribution >= 0.6 is 15.9 Å². The van der Waals surface area contributed by atoms with Crippen molar-refractivity contribution in [1.29, 1.82) is 0 Å². The van der Waals surface area contributed by atoms with Crippen LogP contribution in [-0.4, -0.2) is 60.8 Å². The van der Waals surface area contributed by atoms with E-state index in [0.717, 1.165) is 34.0 Å². The van der Waals surface area contributed by atoms with Crippen LogP contribution in [0.25, 0.3) is 0 Å². The first-order valence-corrected chi connectivity index (χ1v) is 15.4. The van der Waals surface area contributed by atoms with Gasteiger partial charge >= 0.3 is 5.97 Å². The van der Waals surface area contributed by atoms with Crippen molar-refractivity contribution in [3.63, 3.8) is 0 Å². The zero-order chi connectivity index (χ0) is 29.4. The summed E-state index contributed by atoms with van der Waals surface area (Å²) in [6.45, 7) is 3.97. The molecule has 2 aliphatic heterocycles. The van der Waals surface area contributed by atoms with Crippen molar-refractivity contribution in [3.8, 4) is 5.75 Å². The summed E-state index contributed by atoms with van der Waals surface area (Å²) in [6.07, 6.45) is 4.94. The lowest BCUT2D eigenvalue weighted by Gasteiger charge is -2.43. The van der Waals surface area contributed by atoms with E-state index in [1.54, 1.807) is 15.9 Å². The smallest absolute Gasteiger partial charge is 0.307 e. The molecule has 6 rings (SSSR count). The van der Waals surface area contributed by atoms with E-state index in [4.69, 9.17) is 4.74 Å². The highest BCUT2D eigenvalue weighted by Gasteiger charge is 2.44. The molecule has 0 bridgehead atoms. The van der Waals surface area contributed by atoms with Crippen molar-refractivity contribution in [1.82, 2.24) is 24.8 Å². The van der Waals surface area contributed by atoms with Gasteiger partial charge < -0.3 is 19.6 Å². The largest absolute Gasteiger partial charge is 0.487 e. The Balaban J connectivity index is 1.37. The fraction of sp³-hybridized carbons (Fsp3) is 0.452. The summed E-state index contributed by atoms with van der Waals surface area (Å²) in [5, 5.41) is 18.6. The number of carboxylic acid groups (broad SMARTS) is 1. The number of carbonyl (C=O) groups is 3. The van der Waals surface area contributed by atoms with Crippen LogP contribution in [0.5, 0.6) is 5.75 Å². The van der Waals surface area contributed by atoms with Crippen molar-refractivity contribution in [2.24, 2.45) is 11.8 Å². The topological polar surface area (TPSA) is 118 Å². The van der Waals surface area contributed by atoms with Crippen LogP contribution in [0.3, 0.4) is 0 Å². The van der Waals surface area contributed by atoms with Crippen molar-refractivity contribution in [3.05, 3.63) is 75.0 Å². The summed E-state index contributed by atoms with van der Waals surface area (Å²) < 4.78 is 7.26. The minimum absolute atomic E-state index is 0.0696. The lowest BCUT2D eigenvalue weighted by Crippen LogP contribution is -2.50. The first kappa shape index (κ1) is 28.4. The lowest BCUT2D eigenvalue weighted by molar-refractivity contribution is -0.153. The predicted molar refractivity (Wildman–Crippen MR) is 157 cm³/mol. The van der Waals surface area contributed by atoms with Crippen molar-refractivity contribution < 1.29 is 24.2 Å². The van der Waals surface area contributed by atoms with Crippen molar-refractivity contribution >= 4 is 33.7 Å². The molecule has 0 radical (unpaired) electrons. The van der Waals surface area contributed by atoms with E-state index in [1.807, 2.05) is 48.2 Å². The molecule has 11 heteroatoms. The van der Waals surface area contributed by atoms with Gasteiger partial charge in [0.1, 0.15) is 18.1 Å². The molecule has 220 valence electrons. The van der Waals surface area contributed by atoms with Gasteiger partial charge in [-0.1, -0.05) is 47.0 Å². The van der Waals surface area contributed by atoms with E-state index < -0.39 is 23.8 Å². The van der Waals surface area contributed by atoms with E-state index in [-0.39, 0.29) is 25.0 Å². The highest BCUT2D eigenvalue weighted by Crippen LogP contribution is 2.43. The predicted octanol–water partition coefficient (Wildman–Crippen LogP) is 4.61. The van der Waals surface area contributed by atoms with Gasteiger partial charge in [0.25, 0.3) is 5.91 Å². The Hall–Kier alpha value is -3.73. The minimum Gasteiger partial charge on any atom is -0.487 e. The van der Waals surface area contributed by atoms with E-state index in [1.165, 1.54) is 0 Å². The molecule has 10 nitrogen and oxygen atoms in total. The number of aliphatic carboxylic acids is 1. The maximum absolute atomic E-state index is 14.3. The lowest BCUT2D eigenvalue weighted by atomic mass is 9.77. The molecule has 0 saturated heterocycles. The number of fused-ring (bicyclic) bond motifs is 2. The molecule has 3 aromatic rings. The van der Waals surface area contributed by atoms with Gasteiger partial charge in [-0.2, -0.15) is 15.0 Å². The maximum atomic E-state index is 14.3. The minimum atomic E-state index is -0.918. The summed E-state index contributed by atoms with van der Waals surface area (Å²) in [5.41, 5.74) is 4.19. The molecule has 0 spiro atoms. The number of aryl methyl sites for hydroxylation is 1. The highest BCUT2D eigenvalue weighted by molar-refractivity contribution is 9.10. The van der Waals surface area contributed by atoms with Crippen LogP contribution in [0.4, 0.5) is 0 Å². The third-order valence-electron chi connectivity index (χ3n) is 8.79. The van der Waals surface area contributed by atoms with Crippen LogP contribution in [0.2, 0.25) is 0 Å². The van der Waals surface area contributed by atoms with E-state index >= 15 is 0 Å². The van der Waals surface area contributed by atoms with Gasteiger partial charge in [0.15, 0.2) is 0 Å². The van der Waals surface area contributed by atoms with Gasteiger partial charge in [-0.05, 0) is 55.5 Å². The average molecular weight is 637 g/mol. The van der Waals surface area contributed by atoms with Crippen LogP contribution in [0.1, 0.15) is 71.4 Å². The Bertz CT molecular complexity index is 1520. The third kappa shape index (κ3) is 5.30. The summed E-state index contributed by atoms with van der Waals surface area (Å²) in [4.78, 5) is 45.1. The molecule has 1 aromatic heterocycles. The molecule has 3 heterocycles. The van der Waals surface area contributed by atoms with Gasteiger partial charge in [-0.3, -0.25) is 14.4 Å². The molecule has 2 unspecified atom stereocenters. The molecule has 3 atom stereocenters. The number of halogens is 1. The monoisotopic (exact) mass is 635 g/mol. The number of ether oxygens (including phenoxy) is 1. The molecule has 2 amide bonds. The quantitative estimate of drug-likeness (QED) is 0.384. The number of hydrogen-bond acceptors (Lipinski definition) is 6. The average Bonchev–Trinajstić information content (AvgIpc) is 3.60. The van der Waals surface area contributed by atoms with Gasteiger partial charge in [-0.15, -0.1) is 0 Å². The molecule has 2 aromatic carbocycles. The molecule has 1 aliphatic carbocycles. The molecule has 42 heavy (non-hydrogen) atoms. The zero-order valence-corrected chi connectivity index (χ0v) is 25.1.